The van der Waals surface area contributed by atoms with E-state index in [-0.39, 0.29) is 6.10 Å². The number of ether oxygens (including phenoxy) is 2. The van der Waals surface area contributed by atoms with Gasteiger partial charge < -0.3 is 14.6 Å². The molecule has 18 heavy (non-hydrogen) atoms. The molecule has 1 aliphatic heterocycles. The van der Waals surface area contributed by atoms with Gasteiger partial charge in [-0.2, -0.15) is 0 Å². The number of benzene rings is 1. The zero-order valence-corrected chi connectivity index (χ0v) is 11.0. The first kappa shape index (κ1) is 13.4. The molecule has 1 aromatic rings. The van der Waals surface area contributed by atoms with Crippen molar-refractivity contribution >= 4 is 0 Å². The summed E-state index contributed by atoms with van der Waals surface area (Å²) in [6, 6.07) is 7.88. The lowest BCUT2D eigenvalue weighted by Gasteiger charge is -2.14. The van der Waals surface area contributed by atoms with Crippen LogP contribution in [0.1, 0.15) is 31.2 Å². The van der Waals surface area contributed by atoms with Crippen molar-refractivity contribution in [1.29, 1.82) is 0 Å². The van der Waals surface area contributed by atoms with Gasteiger partial charge in [-0.1, -0.05) is 12.1 Å². The van der Waals surface area contributed by atoms with Crippen LogP contribution in [-0.2, 0) is 11.2 Å². The van der Waals surface area contributed by atoms with E-state index in [2.05, 4.69) is 0 Å². The molecule has 0 bridgehead atoms. The highest BCUT2D eigenvalue weighted by molar-refractivity contribution is 5.27. The van der Waals surface area contributed by atoms with Crippen LogP contribution >= 0.6 is 0 Å². The highest BCUT2D eigenvalue weighted by atomic mass is 16.5. The molecule has 1 aromatic carbocycles. The molecule has 2 unspecified atom stereocenters. The highest BCUT2D eigenvalue weighted by Crippen LogP contribution is 2.19. The minimum absolute atomic E-state index is 0.275. The lowest BCUT2D eigenvalue weighted by molar-refractivity contribution is 0.0813. The van der Waals surface area contributed by atoms with E-state index >= 15 is 0 Å². The highest BCUT2D eigenvalue weighted by Gasteiger charge is 2.17. The summed E-state index contributed by atoms with van der Waals surface area (Å²) in [4.78, 5) is 0. The molecule has 0 spiro atoms. The number of methoxy groups -OCH3 is 1. The fraction of sp³-hybridized carbons (Fsp3) is 0.600. The molecule has 2 rings (SSSR count). The summed E-state index contributed by atoms with van der Waals surface area (Å²) < 4.78 is 10.7. The van der Waals surface area contributed by atoms with Crippen LogP contribution in [0.2, 0.25) is 0 Å². The van der Waals surface area contributed by atoms with Crippen molar-refractivity contribution in [3.63, 3.8) is 0 Å². The maximum absolute atomic E-state index is 10.0. The van der Waals surface area contributed by atoms with Gasteiger partial charge in [-0.25, -0.2) is 0 Å². The third-order valence-electron chi connectivity index (χ3n) is 3.48. The van der Waals surface area contributed by atoms with E-state index in [0.29, 0.717) is 12.5 Å². The molecule has 0 aromatic heterocycles. The summed E-state index contributed by atoms with van der Waals surface area (Å²) >= 11 is 0. The van der Waals surface area contributed by atoms with Crippen LogP contribution < -0.4 is 4.74 Å². The van der Waals surface area contributed by atoms with Gasteiger partial charge in [0.25, 0.3) is 0 Å². The van der Waals surface area contributed by atoms with Crippen molar-refractivity contribution in [1.82, 2.24) is 0 Å². The van der Waals surface area contributed by atoms with E-state index in [1.54, 1.807) is 7.11 Å². The van der Waals surface area contributed by atoms with E-state index in [0.717, 1.165) is 37.2 Å². The van der Waals surface area contributed by atoms with Crippen LogP contribution in [0.15, 0.2) is 24.3 Å². The molecule has 0 saturated carbocycles. The summed E-state index contributed by atoms with van der Waals surface area (Å²) in [5.74, 6) is 0.854. The summed E-state index contributed by atoms with van der Waals surface area (Å²) in [5, 5.41) is 10.0. The van der Waals surface area contributed by atoms with Crippen molar-refractivity contribution in [2.24, 2.45) is 0 Å². The minimum Gasteiger partial charge on any atom is -0.497 e. The van der Waals surface area contributed by atoms with Crippen molar-refractivity contribution < 1.29 is 14.6 Å². The number of hydrogen-bond acceptors (Lipinski definition) is 3. The van der Waals surface area contributed by atoms with E-state index in [4.69, 9.17) is 9.47 Å². The summed E-state index contributed by atoms with van der Waals surface area (Å²) in [6.07, 6.45) is 4.90. The van der Waals surface area contributed by atoms with Crippen LogP contribution in [0, 0.1) is 0 Å². The van der Waals surface area contributed by atoms with Crippen LogP contribution in [0.3, 0.4) is 0 Å². The van der Waals surface area contributed by atoms with Crippen molar-refractivity contribution in [3.8, 4) is 5.75 Å². The van der Waals surface area contributed by atoms with Gasteiger partial charge in [0, 0.05) is 6.61 Å². The first-order valence-corrected chi connectivity index (χ1v) is 6.70. The van der Waals surface area contributed by atoms with Gasteiger partial charge >= 0.3 is 0 Å². The van der Waals surface area contributed by atoms with Crippen molar-refractivity contribution in [3.05, 3.63) is 29.8 Å². The third kappa shape index (κ3) is 4.00. The van der Waals surface area contributed by atoms with E-state index in [1.807, 2.05) is 24.3 Å². The molecule has 1 fully saturated rings. The minimum atomic E-state index is -0.275. The molecule has 1 heterocycles. The van der Waals surface area contributed by atoms with Crippen molar-refractivity contribution in [2.75, 3.05) is 13.7 Å². The molecule has 3 nitrogen and oxygen atoms in total. The average molecular weight is 250 g/mol. The number of hydrogen-bond donors (Lipinski definition) is 1. The fourth-order valence-electron chi connectivity index (χ4n) is 2.39. The topological polar surface area (TPSA) is 38.7 Å². The largest absolute Gasteiger partial charge is 0.497 e. The number of rotatable bonds is 6. The molecular formula is C15H22O3. The average Bonchev–Trinajstić information content (AvgIpc) is 2.90. The Bertz CT molecular complexity index is 341. The molecule has 2 atom stereocenters. The van der Waals surface area contributed by atoms with Gasteiger partial charge in [-0.3, -0.25) is 0 Å². The second-order valence-electron chi connectivity index (χ2n) is 4.92. The van der Waals surface area contributed by atoms with Crippen LogP contribution in [-0.4, -0.2) is 31.0 Å². The maximum Gasteiger partial charge on any atom is 0.118 e. The standard InChI is InChI=1S/C15H22O3/c1-17-14-7-4-12(5-8-14)11-13(16)6-9-15-3-2-10-18-15/h4-5,7-8,13,15-16H,2-3,6,9-11H2,1H3. The quantitative estimate of drug-likeness (QED) is 0.843. The molecule has 0 aliphatic carbocycles. The first-order chi connectivity index (χ1) is 8.78. The fourth-order valence-corrected chi connectivity index (χ4v) is 2.39. The second-order valence-corrected chi connectivity index (χ2v) is 4.92. The number of aliphatic hydroxyl groups is 1. The summed E-state index contributed by atoms with van der Waals surface area (Å²) in [7, 11) is 1.66. The molecule has 0 amide bonds. The smallest absolute Gasteiger partial charge is 0.118 e. The monoisotopic (exact) mass is 250 g/mol. The molecule has 1 aliphatic rings. The molecule has 100 valence electrons. The molecule has 0 radical (unpaired) electrons. The van der Waals surface area contributed by atoms with E-state index < -0.39 is 0 Å². The van der Waals surface area contributed by atoms with Gasteiger partial charge in [0.05, 0.1) is 19.3 Å². The predicted molar refractivity (Wildman–Crippen MR) is 70.9 cm³/mol. The lowest BCUT2D eigenvalue weighted by Crippen LogP contribution is -2.14. The van der Waals surface area contributed by atoms with Crippen LogP contribution in [0.25, 0.3) is 0 Å². The SMILES string of the molecule is COc1ccc(CC(O)CCC2CCCO2)cc1. The Kier molecular flexibility index (Phi) is 5.02. The normalized spacial score (nSPS) is 20.9. The van der Waals surface area contributed by atoms with Gasteiger partial charge in [0.15, 0.2) is 0 Å². The Balaban J connectivity index is 1.73. The Morgan fingerprint density at radius 2 is 2.17 bits per heavy atom. The lowest BCUT2D eigenvalue weighted by atomic mass is 10.0. The summed E-state index contributed by atoms with van der Waals surface area (Å²) in [5.41, 5.74) is 1.15. The maximum atomic E-state index is 10.0. The van der Waals surface area contributed by atoms with Gasteiger partial charge in [-0.05, 0) is 49.8 Å². The second kappa shape index (κ2) is 6.76. The van der Waals surface area contributed by atoms with Crippen molar-refractivity contribution in [2.45, 2.75) is 44.3 Å². The van der Waals surface area contributed by atoms with E-state index in [9.17, 15) is 5.11 Å². The Hall–Kier alpha value is -1.06. The van der Waals surface area contributed by atoms with Crippen LogP contribution in [0.5, 0.6) is 5.75 Å². The predicted octanol–water partition coefficient (Wildman–Crippen LogP) is 2.56. The first-order valence-electron chi connectivity index (χ1n) is 6.70. The third-order valence-corrected chi connectivity index (χ3v) is 3.48. The molecule has 3 heteroatoms. The number of aliphatic hydroxyl groups excluding tert-OH is 1. The zero-order valence-electron chi connectivity index (χ0n) is 11.0. The van der Waals surface area contributed by atoms with Gasteiger partial charge in [-0.15, -0.1) is 0 Å². The Morgan fingerprint density at radius 3 is 2.78 bits per heavy atom. The molecule has 1 N–H and O–H groups in total. The molecule has 1 saturated heterocycles. The van der Waals surface area contributed by atoms with Gasteiger partial charge in [0.2, 0.25) is 0 Å². The van der Waals surface area contributed by atoms with E-state index in [1.165, 1.54) is 6.42 Å². The molecular weight excluding hydrogens is 228 g/mol. The van der Waals surface area contributed by atoms with Gasteiger partial charge in [0.1, 0.15) is 5.75 Å². The summed E-state index contributed by atoms with van der Waals surface area (Å²) in [6.45, 7) is 0.888. The van der Waals surface area contributed by atoms with Crippen LogP contribution in [0.4, 0.5) is 0 Å². The Labute approximate surface area is 109 Å². The Morgan fingerprint density at radius 1 is 1.39 bits per heavy atom. The zero-order chi connectivity index (χ0) is 12.8.